The van der Waals surface area contributed by atoms with Gasteiger partial charge in [0.1, 0.15) is 5.69 Å². The summed E-state index contributed by atoms with van der Waals surface area (Å²) < 4.78 is 0. The van der Waals surface area contributed by atoms with Crippen molar-refractivity contribution in [1.29, 1.82) is 0 Å². The Morgan fingerprint density at radius 1 is 1.38 bits per heavy atom. The van der Waals surface area contributed by atoms with Crippen LogP contribution in [0.15, 0.2) is 12.3 Å². The Balaban J connectivity index is 2.76. The third-order valence-corrected chi connectivity index (χ3v) is 2.10. The zero-order chi connectivity index (χ0) is 12.0. The number of rotatable bonds is 6. The summed E-state index contributed by atoms with van der Waals surface area (Å²) in [5, 5.41) is 17.5. The van der Waals surface area contributed by atoms with Crippen LogP contribution in [0, 0.1) is 0 Å². The zero-order valence-corrected chi connectivity index (χ0v) is 8.72. The van der Waals surface area contributed by atoms with Gasteiger partial charge in [0.15, 0.2) is 6.29 Å². The minimum Gasteiger partial charge on any atom is -0.395 e. The first-order valence-corrected chi connectivity index (χ1v) is 4.87. The molecule has 6 heteroatoms. The fraction of sp³-hybridized carbons (Fsp3) is 0.400. The molecule has 0 spiro atoms. The lowest BCUT2D eigenvalue weighted by Gasteiger charge is -2.19. The van der Waals surface area contributed by atoms with E-state index in [-0.39, 0.29) is 37.9 Å². The average molecular weight is 226 g/mol. The summed E-state index contributed by atoms with van der Waals surface area (Å²) in [6.45, 7) is -0.0519. The van der Waals surface area contributed by atoms with E-state index in [9.17, 15) is 9.59 Å². The van der Waals surface area contributed by atoms with E-state index in [1.807, 2.05) is 0 Å². The van der Waals surface area contributed by atoms with Crippen molar-refractivity contribution in [2.45, 2.75) is 0 Å². The van der Waals surface area contributed by atoms with Crippen LogP contribution in [-0.2, 0) is 0 Å². The lowest BCUT2D eigenvalue weighted by Crippen LogP contribution is -2.36. The third kappa shape index (κ3) is 2.91. The van der Waals surface area contributed by atoms with E-state index >= 15 is 0 Å². The van der Waals surface area contributed by atoms with Gasteiger partial charge in [0.25, 0.3) is 5.91 Å². The van der Waals surface area contributed by atoms with Crippen molar-refractivity contribution in [3.8, 4) is 0 Å². The molecule has 6 nitrogen and oxygen atoms in total. The zero-order valence-electron chi connectivity index (χ0n) is 8.72. The average Bonchev–Trinajstić information content (AvgIpc) is 2.76. The SMILES string of the molecule is O=Cc1c[nH]c(C(=O)N(CCO)CCO)c1. The molecule has 1 aromatic rings. The smallest absolute Gasteiger partial charge is 0.270 e. The molecule has 88 valence electrons. The van der Waals surface area contributed by atoms with Gasteiger partial charge in [-0.05, 0) is 6.07 Å². The van der Waals surface area contributed by atoms with Crippen LogP contribution < -0.4 is 0 Å². The maximum Gasteiger partial charge on any atom is 0.270 e. The van der Waals surface area contributed by atoms with Gasteiger partial charge < -0.3 is 20.1 Å². The molecule has 1 rings (SSSR count). The Bertz CT molecular complexity index is 355. The second kappa shape index (κ2) is 6.04. The van der Waals surface area contributed by atoms with Crippen molar-refractivity contribution < 1.29 is 19.8 Å². The molecule has 1 heterocycles. The van der Waals surface area contributed by atoms with Crippen LogP contribution in [0.25, 0.3) is 0 Å². The number of aromatic nitrogens is 1. The van der Waals surface area contributed by atoms with Gasteiger partial charge in [-0.1, -0.05) is 0 Å². The Hall–Kier alpha value is -1.66. The van der Waals surface area contributed by atoms with E-state index in [0.717, 1.165) is 0 Å². The predicted molar refractivity (Wildman–Crippen MR) is 56.3 cm³/mol. The van der Waals surface area contributed by atoms with E-state index < -0.39 is 0 Å². The van der Waals surface area contributed by atoms with Crippen LogP contribution in [-0.4, -0.2) is 58.6 Å². The van der Waals surface area contributed by atoms with E-state index in [0.29, 0.717) is 11.8 Å². The number of hydrogen-bond acceptors (Lipinski definition) is 4. The van der Waals surface area contributed by atoms with E-state index in [1.165, 1.54) is 17.2 Å². The summed E-state index contributed by atoms with van der Waals surface area (Å²) in [4.78, 5) is 26.2. The molecule has 1 aromatic heterocycles. The standard InChI is InChI=1S/C10H14N2O4/c13-3-1-12(2-4-14)10(16)9-5-8(7-15)6-11-9/h5-7,11,13-14H,1-4H2. The highest BCUT2D eigenvalue weighted by Gasteiger charge is 2.16. The molecule has 0 atom stereocenters. The van der Waals surface area contributed by atoms with Gasteiger partial charge in [0.05, 0.1) is 13.2 Å². The number of nitrogens with one attached hydrogen (secondary N) is 1. The first kappa shape index (κ1) is 12.4. The number of aromatic amines is 1. The van der Waals surface area contributed by atoms with E-state index in [2.05, 4.69) is 4.98 Å². The topological polar surface area (TPSA) is 93.6 Å². The molecule has 0 saturated carbocycles. The van der Waals surface area contributed by atoms with Gasteiger partial charge in [0, 0.05) is 24.8 Å². The number of carbonyl (C=O) groups is 2. The molecule has 0 aliphatic heterocycles. The molecule has 0 aromatic carbocycles. The van der Waals surface area contributed by atoms with Crippen molar-refractivity contribution in [2.24, 2.45) is 0 Å². The van der Waals surface area contributed by atoms with Gasteiger partial charge in [-0.25, -0.2) is 0 Å². The summed E-state index contributed by atoms with van der Waals surface area (Å²) in [7, 11) is 0. The Kier molecular flexibility index (Phi) is 4.68. The molecule has 3 N–H and O–H groups in total. The first-order valence-electron chi connectivity index (χ1n) is 4.87. The van der Waals surface area contributed by atoms with Gasteiger partial charge in [-0.2, -0.15) is 0 Å². The van der Waals surface area contributed by atoms with Crippen molar-refractivity contribution >= 4 is 12.2 Å². The quantitative estimate of drug-likeness (QED) is 0.556. The van der Waals surface area contributed by atoms with Gasteiger partial charge in [-0.3, -0.25) is 9.59 Å². The number of aliphatic hydroxyl groups excluding tert-OH is 2. The first-order chi connectivity index (χ1) is 7.72. The molecule has 0 unspecified atom stereocenters. The molecule has 0 radical (unpaired) electrons. The Morgan fingerprint density at radius 2 is 2.00 bits per heavy atom. The van der Waals surface area contributed by atoms with Crippen molar-refractivity contribution in [3.05, 3.63) is 23.5 Å². The Labute approximate surface area is 92.5 Å². The number of nitrogens with zero attached hydrogens (tertiary/aromatic N) is 1. The minimum absolute atomic E-state index is 0.148. The summed E-state index contributed by atoms with van der Waals surface area (Å²) >= 11 is 0. The van der Waals surface area contributed by atoms with Gasteiger partial charge in [-0.15, -0.1) is 0 Å². The fourth-order valence-electron chi connectivity index (χ4n) is 1.33. The normalized spacial score (nSPS) is 10.1. The second-order valence-corrected chi connectivity index (χ2v) is 3.20. The monoisotopic (exact) mass is 226 g/mol. The molecule has 1 amide bonds. The molecule has 0 fully saturated rings. The van der Waals surface area contributed by atoms with Gasteiger partial charge >= 0.3 is 0 Å². The van der Waals surface area contributed by atoms with Crippen LogP contribution >= 0.6 is 0 Å². The van der Waals surface area contributed by atoms with Crippen LogP contribution in [0.5, 0.6) is 0 Å². The lowest BCUT2D eigenvalue weighted by molar-refractivity contribution is 0.0679. The third-order valence-electron chi connectivity index (χ3n) is 2.10. The molecule has 0 aliphatic carbocycles. The summed E-state index contributed by atoms with van der Waals surface area (Å²) in [6, 6.07) is 1.43. The molecular weight excluding hydrogens is 212 g/mol. The summed E-state index contributed by atoms with van der Waals surface area (Å²) in [5.74, 6) is -0.351. The molecule has 0 aliphatic rings. The van der Waals surface area contributed by atoms with Crippen LogP contribution in [0.3, 0.4) is 0 Å². The highest BCUT2D eigenvalue weighted by molar-refractivity contribution is 5.94. The number of amides is 1. The van der Waals surface area contributed by atoms with Crippen molar-refractivity contribution in [2.75, 3.05) is 26.3 Å². The second-order valence-electron chi connectivity index (χ2n) is 3.20. The van der Waals surface area contributed by atoms with Crippen LogP contribution in [0.2, 0.25) is 0 Å². The predicted octanol–water partition coefficient (Wildman–Crippen LogP) is -0.746. The summed E-state index contributed by atoms with van der Waals surface area (Å²) in [5.41, 5.74) is 0.653. The van der Waals surface area contributed by atoms with Gasteiger partial charge in [0.2, 0.25) is 0 Å². The molecule has 0 bridgehead atoms. The lowest BCUT2D eigenvalue weighted by atomic mass is 10.3. The highest BCUT2D eigenvalue weighted by Crippen LogP contribution is 2.05. The Morgan fingerprint density at radius 3 is 2.44 bits per heavy atom. The number of carbonyl (C=O) groups excluding carboxylic acids is 2. The van der Waals surface area contributed by atoms with Crippen LogP contribution in [0.4, 0.5) is 0 Å². The highest BCUT2D eigenvalue weighted by atomic mass is 16.3. The number of hydrogen-bond donors (Lipinski definition) is 3. The largest absolute Gasteiger partial charge is 0.395 e. The molecule has 16 heavy (non-hydrogen) atoms. The fourth-order valence-corrected chi connectivity index (χ4v) is 1.33. The number of H-pyrrole nitrogens is 1. The number of aldehydes is 1. The van der Waals surface area contributed by atoms with E-state index in [1.54, 1.807) is 0 Å². The van der Waals surface area contributed by atoms with E-state index in [4.69, 9.17) is 10.2 Å². The van der Waals surface area contributed by atoms with Crippen molar-refractivity contribution in [3.63, 3.8) is 0 Å². The minimum atomic E-state index is -0.351. The number of aliphatic hydroxyl groups is 2. The van der Waals surface area contributed by atoms with Crippen molar-refractivity contribution in [1.82, 2.24) is 9.88 Å². The maximum atomic E-state index is 11.8. The maximum absolute atomic E-state index is 11.8. The summed E-state index contributed by atoms with van der Waals surface area (Å²) in [6.07, 6.45) is 2.06. The molecular formula is C10H14N2O4. The van der Waals surface area contributed by atoms with Crippen LogP contribution in [0.1, 0.15) is 20.8 Å². The molecule has 0 saturated heterocycles.